The van der Waals surface area contributed by atoms with Gasteiger partial charge in [0, 0.05) is 30.5 Å². The van der Waals surface area contributed by atoms with Gasteiger partial charge in [-0.3, -0.25) is 4.79 Å². The number of aromatic amines is 1. The molecule has 0 amide bonds. The molecule has 5 heteroatoms. The zero-order valence-electron chi connectivity index (χ0n) is 13.0. The summed E-state index contributed by atoms with van der Waals surface area (Å²) in [5.74, 6) is 0.112. The topological polar surface area (TPSA) is 78.0 Å². The number of hydrogen-bond acceptors (Lipinski definition) is 3. The van der Waals surface area contributed by atoms with E-state index in [0.717, 1.165) is 17.1 Å². The van der Waals surface area contributed by atoms with Crippen LogP contribution in [-0.4, -0.2) is 27.6 Å². The van der Waals surface area contributed by atoms with Crippen LogP contribution >= 0.6 is 0 Å². The van der Waals surface area contributed by atoms with Gasteiger partial charge in [-0.15, -0.1) is 0 Å². The van der Waals surface area contributed by atoms with E-state index in [2.05, 4.69) is 15.3 Å². The van der Waals surface area contributed by atoms with Gasteiger partial charge in [0.1, 0.15) is 5.82 Å². The van der Waals surface area contributed by atoms with Gasteiger partial charge in [-0.05, 0) is 12.3 Å². The van der Waals surface area contributed by atoms with Crippen molar-refractivity contribution in [2.75, 3.05) is 6.54 Å². The lowest BCUT2D eigenvalue weighted by atomic mass is 9.97. The average Bonchev–Trinajstić information content (AvgIpc) is 2.95. The molecular weight excluding hydrogens is 278 g/mol. The summed E-state index contributed by atoms with van der Waals surface area (Å²) in [7, 11) is 0. The predicted octanol–water partition coefficient (Wildman–Crippen LogP) is 2.91. The molecule has 5 nitrogen and oxygen atoms in total. The molecule has 0 fully saturated rings. The molecular formula is C17H23N3O2. The van der Waals surface area contributed by atoms with Crippen LogP contribution in [0.3, 0.4) is 0 Å². The maximum absolute atomic E-state index is 11.2. The largest absolute Gasteiger partial charge is 0.481 e. The molecule has 1 atom stereocenters. The molecule has 2 aromatic rings. The molecule has 1 aromatic carbocycles. The highest BCUT2D eigenvalue weighted by Crippen LogP contribution is 2.15. The van der Waals surface area contributed by atoms with Crippen LogP contribution in [0.2, 0.25) is 0 Å². The molecule has 2 rings (SSSR count). The molecule has 0 spiro atoms. The molecule has 118 valence electrons. The van der Waals surface area contributed by atoms with Crippen molar-refractivity contribution in [1.82, 2.24) is 15.3 Å². The molecule has 0 saturated carbocycles. The summed E-state index contributed by atoms with van der Waals surface area (Å²) < 4.78 is 0. The summed E-state index contributed by atoms with van der Waals surface area (Å²) in [5, 5.41) is 12.4. The Balaban J connectivity index is 1.87. The first kappa shape index (κ1) is 16.2. The molecule has 1 aromatic heterocycles. The first-order chi connectivity index (χ1) is 10.6. The summed E-state index contributed by atoms with van der Waals surface area (Å²) >= 11 is 0. The Bertz CT molecular complexity index is 593. The molecule has 0 aliphatic rings. The number of rotatable bonds is 8. The standard InChI is InChI=1S/C17H23N3O2/c1-12(2)8-14(17(21)22)9-18-10-15-11-19-16(20-15)13-6-4-3-5-7-13/h3-7,11-12,14,18H,8-10H2,1-2H3,(H,19,20)(H,21,22). The van der Waals surface area contributed by atoms with Gasteiger partial charge in [0.2, 0.25) is 0 Å². The highest BCUT2D eigenvalue weighted by molar-refractivity contribution is 5.70. The first-order valence-electron chi connectivity index (χ1n) is 7.59. The van der Waals surface area contributed by atoms with Crippen molar-refractivity contribution in [3.63, 3.8) is 0 Å². The third-order valence-corrected chi connectivity index (χ3v) is 3.49. The second-order valence-corrected chi connectivity index (χ2v) is 5.92. The molecule has 0 aliphatic carbocycles. The second-order valence-electron chi connectivity index (χ2n) is 5.92. The number of hydrogen-bond donors (Lipinski definition) is 3. The minimum Gasteiger partial charge on any atom is -0.481 e. The summed E-state index contributed by atoms with van der Waals surface area (Å²) in [6.07, 6.45) is 2.47. The van der Waals surface area contributed by atoms with Crippen molar-refractivity contribution in [3.05, 3.63) is 42.2 Å². The second kappa shape index (κ2) is 7.75. The average molecular weight is 301 g/mol. The van der Waals surface area contributed by atoms with Gasteiger partial charge in [0.15, 0.2) is 0 Å². The van der Waals surface area contributed by atoms with Crippen LogP contribution in [0.25, 0.3) is 11.4 Å². The summed E-state index contributed by atoms with van der Waals surface area (Å²) in [6, 6.07) is 9.91. The Kier molecular flexibility index (Phi) is 5.72. The lowest BCUT2D eigenvalue weighted by molar-refractivity contribution is -0.142. The predicted molar refractivity (Wildman–Crippen MR) is 86.3 cm³/mol. The zero-order valence-corrected chi connectivity index (χ0v) is 13.0. The number of carbonyl (C=O) groups is 1. The van der Waals surface area contributed by atoms with Gasteiger partial charge in [-0.2, -0.15) is 0 Å². The molecule has 22 heavy (non-hydrogen) atoms. The Labute approximate surface area is 130 Å². The van der Waals surface area contributed by atoms with Gasteiger partial charge in [-0.25, -0.2) is 4.98 Å². The van der Waals surface area contributed by atoms with E-state index in [1.807, 2.05) is 44.2 Å². The minimum absolute atomic E-state index is 0.350. The Morgan fingerprint density at radius 1 is 1.32 bits per heavy atom. The number of nitrogens with one attached hydrogen (secondary N) is 2. The highest BCUT2D eigenvalue weighted by atomic mass is 16.4. The minimum atomic E-state index is -0.740. The fraction of sp³-hybridized carbons (Fsp3) is 0.412. The van der Waals surface area contributed by atoms with Crippen molar-refractivity contribution < 1.29 is 9.90 Å². The molecule has 0 radical (unpaired) electrons. The SMILES string of the molecule is CC(C)CC(CNCc1cnc(-c2ccccc2)[nH]1)C(=O)O. The maximum Gasteiger partial charge on any atom is 0.307 e. The van der Waals surface area contributed by atoms with E-state index in [1.54, 1.807) is 6.20 Å². The number of aromatic nitrogens is 2. The zero-order chi connectivity index (χ0) is 15.9. The monoisotopic (exact) mass is 301 g/mol. The third kappa shape index (κ3) is 4.70. The Morgan fingerprint density at radius 3 is 2.68 bits per heavy atom. The highest BCUT2D eigenvalue weighted by Gasteiger charge is 2.18. The van der Waals surface area contributed by atoms with E-state index in [0.29, 0.717) is 25.4 Å². The van der Waals surface area contributed by atoms with Crippen LogP contribution in [0.4, 0.5) is 0 Å². The summed E-state index contributed by atoms with van der Waals surface area (Å²) in [5.41, 5.74) is 1.99. The van der Waals surface area contributed by atoms with E-state index >= 15 is 0 Å². The first-order valence-corrected chi connectivity index (χ1v) is 7.59. The van der Waals surface area contributed by atoms with Crippen molar-refractivity contribution in [3.8, 4) is 11.4 Å². The fourth-order valence-corrected chi connectivity index (χ4v) is 2.41. The van der Waals surface area contributed by atoms with Crippen LogP contribution < -0.4 is 5.32 Å². The smallest absolute Gasteiger partial charge is 0.307 e. The molecule has 0 saturated heterocycles. The molecule has 1 unspecified atom stereocenters. The molecule has 0 bridgehead atoms. The van der Waals surface area contributed by atoms with Crippen LogP contribution in [0.1, 0.15) is 26.0 Å². The molecule has 1 heterocycles. The lowest BCUT2D eigenvalue weighted by Gasteiger charge is -2.15. The summed E-state index contributed by atoms with van der Waals surface area (Å²) in [6.45, 7) is 5.13. The van der Waals surface area contributed by atoms with Crippen LogP contribution in [-0.2, 0) is 11.3 Å². The fourth-order valence-electron chi connectivity index (χ4n) is 2.41. The van der Waals surface area contributed by atoms with Gasteiger partial charge in [0.05, 0.1) is 5.92 Å². The van der Waals surface area contributed by atoms with Crippen molar-refractivity contribution in [2.45, 2.75) is 26.8 Å². The van der Waals surface area contributed by atoms with Crippen molar-refractivity contribution >= 4 is 5.97 Å². The number of nitrogens with zero attached hydrogens (tertiary/aromatic N) is 1. The van der Waals surface area contributed by atoms with Gasteiger partial charge < -0.3 is 15.4 Å². The van der Waals surface area contributed by atoms with Crippen molar-refractivity contribution in [1.29, 1.82) is 0 Å². The third-order valence-electron chi connectivity index (χ3n) is 3.49. The van der Waals surface area contributed by atoms with Gasteiger partial charge in [0.25, 0.3) is 0 Å². The molecule has 3 N–H and O–H groups in total. The number of aliphatic carboxylic acids is 1. The number of benzene rings is 1. The normalized spacial score (nSPS) is 12.5. The lowest BCUT2D eigenvalue weighted by Crippen LogP contribution is -2.29. The van der Waals surface area contributed by atoms with Crippen molar-refractivity contribution in [2.24, 2.45) is 11.8 Å². The summed E-state index contributed by atoms with van der Waals surface area (Å²) in [4.78, 5) is 18.8. The number of carboxylic acid groups (broad SMARTS) is 1. The molecule has 0 aliphatic heterocycles. The number of carboxylic acids is 1. The van der Waals surface area contributed by atoms with Gasteiger partial charge >= 0.3 is 5.97 Å². The van der Waals surface area contributed by atoms with E-state index in [4.69, 9.17) is 0 Å². The van der Waals surface area contributed by atoms with Crippen LogP contribution in [0.5, 0.6) is 0 Å². The maximum atomic E-state index is 11.2. The van der Waals surface area contributed by atoms with E-state index in [9.17, 15) is 9.90 Å². The van der Waals surface area contributed by atoms with E-state index in [1.165, 1.54) is 0 Å². The van der Waals surface area contributed by atoms with Gasteiger partial charge in [-0.1, -0.05) is 44.2 Å². The Hall–Kier alpha value is -2.14. The quantitative estimate of drug-likeness (QED) is 0.700. The Morgan fingerprint density at radius 2 is 2.05 bits per heavy atom. The van der Waals surface area contributed by atoms with Crippen LogP contribution in [0, 0.1) is 11.8 Å². The van der Waals surface area contributed by atoms with E-state index in [-0.39, 0.29) is 5.92 Å². The number of imidazole rings is 1. The van der Waals surface area contributed by atoms with Crippen LogP contribution in [0.15, 0.2) is 36.5 Å². The number of H-pyrrole nitrogens is 1. The van der Waals surface area contributed by atoms with E-state index < -0.39 is 5.97 Å².